The van der Waals surface area contributed by atoms with E-state index in [0.29, 0.717) is 6.54 Å². The number of aliphatic hydroxyl groups is 1. The van der Waals surface area contributed by atoms with Crippen LogP contribution in [0.2, 0.25) is 0 Å². The first-order valence-electron chi connectivity index (χ1n) is 7.47. The zero-order valence-corrected chi connectivity index (χ0v) is 12.5. The van der Waals surface area contributed by atoms with Crippen LogP contribution in [0.15, 0.2) is 42.7 Å². The van der Waals surface area contributed by atoms with Crippen LogP contribution in [0.1, 0.15) is 31.7 Å². The monoisotopic (exact) mass is 289 g/mol. The third kappa shape index (κ3) is 4.00. The molecule has 1 fully saturated rings. The van der Waals surface area contributed by atoms with Crippen LogP contribution in [0.3, 0.4) is 0 Å². The van der Waals surface area contributed by atoms with Gasteiger partial charge in [-0.2, -0.15) is 0 Å². The van der Waals surface area contributed by atoms with Gasteiger partial charge in [0.15, 0.2) is 0 Å². The smallest absolute Gasteiger partial charge is 0.410 e. The Bertz CT molecular complexity index is 486. The van der Waals surface area contributed by atoms with Gasteiger partial charge in [-0.15, -0.1) is 0 Å². The van der Waals surface area contributed by atoms with Gasteiger partial charge in [-0.3, -0.25) is 0 Å². The van der Waals surface area contributed by atoms with Gasteiger partial charge in [-0.1, -0.05) is 43.8 Å². The van der Waals surface area contributed by atoms with Crippen LogP contribution in [0.4, 0.5) is 4.79 Å². The fourth-order valence-corrected chi connectivity index (χ4v) is 2.75. The van der Waals surface area contributed by atoms with E-state index in [1.165, 1.54) is 0 Å². The van der Waals surface area contributed by atoms with Crippen LogP contribution in [0.5, 0.6) is 0 Å². The van der Waals surface area contributed by atoms with Gasteiger partial charge in [-0.25, -0.2) is 4.79 Å². The number of aliphatic hydroxyl groups excluding tert-OH is 1. The highest BCUT2D eigenvalue weighted by molar-refractivity contribution is 5.68. The number of amides is 1. The van der Waals surface area contributed by atoms with E-state index in [1.807, 2.05) is 30.3 Å². The summed E-state index contributed by atoms with van der Waals surface area (Å²) in [5.41, 5.74) is 0.971. The Labute approximate surface area is 126 Å². The van der Waals surface area contributed by atoms with Crippen LogP contribution < -0.4 is 0 Å². The first kappa shape index (κ1) is 15.4. The van der Waals surface area contributed by atoms with Gasteiger partial charge in [0.1, 0.15) is 6.61 Å². The summed E-state index contributed by atoms with van der Waals surface area (Å²) in [6.07, 6.45) is 2.33. The second kappa shape index (κ2) is 7.16. The molecule has 1 N–H and O–H groups in total. The molecule has 1 heterocycles. The molecule has 1 aromatic rings. The van der Waals surface area contributed by atoms with Gasteiger partial charge in [-0.05, 0) is 24.8 Å². The number of nitrogens with zero attached hydrogens (tertiary/aromatic N) is 1. The number of rotatable bonds is 4. The molecule has 2 atom stereocenters. The van der Waals surface area contributed by atoms with Crippen molar-refractivity contribution in [1.82, 2.24) is 4.90 Å². The number of hydrogen-bond donors (Lipinski definition) is 1. The van der Waals surface area contributed by atoms with Gasteiger partial charge in [0.25, 0.3) is 0 Å². The van der Waals surface area contributed by atoms with Crippen LogP contribution in [0, 0.1) is 5.92 Å². The number of carbonyl (C=O) groups is 1. The first-order chi connectivity index (χ1) is 10.1. The molecule has 1 aliphatic heterocycles. The molecule has 0 aromatic heterocycles. The second-order valence-corrected chi connectivity index (χ2v) is 5.52. The van der Waals surface area contributed by atoms with E-state index in [4.69, 9.17) is 4.74 Å². The van der Waals surface area contributed by atoms with E-state index < -0.39 is 0 Å². The van der Waals surface area contributed by atoms with Gasteiger partial charge in [0, 0.05) is 18.5 Å². The molecule has 0 bridgehead atoms. The Kier molecular flexibility index (Phi) is 5.26. The van der Waals surface area contributed by atoms with E-state index in [0.717, 1.165) is 24.8 Å². The number of hydrogen-bond acceptors (Lipinski definition) is 3. The van der Waals surface area contributed by atoms with Crippen LogP contribution in [0.25, 0.3) is 0 Å². The van der Waals surface area contributed by atoms with Crippen molar-refractivity contribution in [3.63, 3.8) is 0 Å². The Balaban J connectivity index is 1.96. The third-order valence-corrected chi connectivity index (χ3v) is 4.09. The lowest BCUT2D eigenvalue weighted by molar-refractivity contribution is 0.0527. The van der Waals surface area contributed by atoms with Crippen molar-refractivity contribution in [2.24, 2.45) is 5.92 Å². The maximum absolute atomic E-state index is 12.3. The number of ether oxygens (including phenoxy) is 1. The minimum Gasteiger partial charge on any atom is -0.513 e. The standard InChI is InChI=1S/C17H23NO3/c1-3-16-10-9-15(13(2)19)11-18(16)17(20)21-12-14-7-5-4-6-8-14/h4-8,15-16,19H,2-3,9-12H2,1H3. The second-order valence-electron chi connectivity index (χ2n) is 5.52. The maximum atomic E-state index is 12.3. The molecule has 4 nitrogen and oxygen atoms in total. The van der Waals surface area contributed by atoms with Crippen molar-refractivity contribution in [3.8, 4) is 0 Å². The maximum Gasteiger partial charge on any atom is 0.410 e. The first-order valence-corrected chi connectivity index (χ1v) is 7.47. The molecule has 0 radical (unpaired) electrons. The van der Waals surface area contributed by atoms with E-state index >= 15 is 0 Å². The highest BCUT2D eigenvalue weighted by Crippen LogP contribution is 2.27. The SMILES string of the molecule is C=C(O)C1CCC(CC)N(C(=O)OCc2ccccc2)C1. The summed E-state index contributed by atoms with van der Waals surface area (Å²) >= 11 is 0. The van der Waals surface area contributed by atoms with E-state index in [9.17, 15) is 9.90 Å². The Morgan fingerprint density at radius 1 is 1.38 bits per heavy atom. The topological polar surface area (TPSA) is 49.8 Å². The highest BCUT2D eigenvalue weighted by Gasteiger charge is 2.32. The van der Waals surface area contributed by atoms with E-state index in [1.54, 1.807) is 4.90 Å². The van der Waals surface area contributed by atoms with Crippen LogP contribution in [-0.2, 0) is 11.3 Å². The van der Waals surface area contributed by atoms with Crippen molar-refractivity contribution < 1.29 is 14.6 Å². The molecule has 2 unspecified atom stereocenters. The lowest BCUT2D eigenvalue weighted by Gasteiger charge is -2.38. The minimum atomic E-state index is -0.309. The molecule has 0 aliphatic carbocycles. The molecule has 1 aromatic carbocycles. The van der Waals surface area contributed by atoms with Crippen molar-refractivity contribution in [1.29, 1.82) is 0 Å². The van der Waals surface area contributed by atoms with Gasteiger partial charge in [0.05, 0.1) is 5.76 Å². The van der Waals surface area contributed by atoms with E-state index in [-0.39, 0.29) is 30.4 Å². The summed E-state index contributed by atoms with van der Waals surface area (Å²) in [5, 5.41) is 9.57. The summed E-state index contributed by atoms with van der Waals surface area (Å²) < 4.78 is 5.40. The summed E-state index contributed by atoms with van der Waals surface area (Å²) in [4.78, 5) is 14.0. The largest absolute Gasteiger partial charge is 0.513 e. The molecule has 1 amide bonds. The minimum absolute atomic E-state index is 0.0444. The summed E-state index contributed by atoms with van der Waals surface area (Å²) in [7, 11) is 0. The fraction of sp³-hybridized carbons (Fsp3) is 0.471. The molecule has 2 rings (SSSR count). The van der Waals surface area contributed by atoms with Gasteiger partial charge in [0.2, 0.25) is 0 Å². The Hall–Kier alpha value is -1.97. The van der Waals surface area contributed by atoms with Crippen molar-refractivity contribution in [3.05, 3.63) is 48.2 Å². The number of likely N-dealkylation sites (tertiary alicyclic amines) is 1. The number of piperidine rings is 1. The lowest BCUT2D eigenvalue weighted by Crippen LogP contribution is -2.47. The lowest BCUT2D eigenvalue weighted by atomic mass is 9.91. The molecular formula is C17H23NO3. The molecule has 4 heteroatoms. The van der Waals surface area contributed by atoms with E-state index in [2.05, 4.69) is 13.5 Å². The summed E-state index contributed by atoms with van der Waals surface area (Å²) in [6.45, 7) is 6.42. The fourth-order valence-electron chi connectivity index (χ4n) is 2.75. The predicted molar refractivity (Wildman–Crippen MR) is 81.9 cm³/mol. The molecule has 21 heavy (non-hydrogen) atoms. The molecule has 0 spiro atoms. The molecule has 1 saturated heterocycles. The summed E-state index contributed by atoms with van der Waals surface area (Å²) in [5.74, 6) is 0.113. The molecule has 114 valence electrons. The Morgan fingerprint density at radius 2 is 2.10 bits per heavy atom. The average molecular weight is 289 g/mol. The van der Waals surface area contributed by atoms with Crippen LogP contribution >= 0.6 is 0 Å². The predicted octanol–water partition coefficient (Wildman–Crippen LogP) is 3.89. The number of carbonyl (C=O) groups excluding carboxylic acids is 1. The van der Waals surface area contributed by atoms with Gasteiger partial charge < -0.3 is 14.7 Å². The molecular weight excluding hydrogens is 266 g/mol. The van der Waals surface area contributed by atoms with Crippen molar-refractivity contribution in [2.75, 3.05) is 6.54 Å². The quantitative estimate of drug-likeness (QED) is 0.856. The zero-order valence-electron chi connectivity index (χ0n) is 12.5. The van der Waals surface area contributed by atoms with Crippen molar-refractivity contribution >= 4 is 6.09 Å². The van der Waals surface area contributed by atoms with Gasteiger partial charge >= 0.3 is 6.09 Å². The average Bonchev–Trinajstić information content (AvgIpc) is 2.52. The molecule has 0 saturated carbocycles. The zero-order chi connectivity index (χ0) is 15.2. The van der Waals surface area contributed by atoms with Crippen molar-refractivity contribution in [2.45, 2.75) is 38.8 Å². The van der Waals surface area contributed by atoms with Crippen LogP contribution in [-0.4, -0.2) is 28.7 Å². The normalized spacial score (nSPS) is 21.9. The molecule has 1 aliphatic rings. The summed E-state index contributed by atoms with van der Waals surface area (Å²) in [6, 6.07) is 9.82. The Morgan fingerprint density at radius 3 is 2.71 bits per heavy atom. The third-order valence-electron chi connectivity index (χ3n) is 4.09. The highest BCUT2D eigenvalue weighted by atomic mass is 16.6. The number of benzene rings is 1.